The van der Waals surface area contributed by atoms with Gasteiger partial charge in [0.05, 0.1) is 23.3 Å². The van der Waals surface area contributed by atoms with Crippen molar-refractivity contribution in [3.8, 4) is 11.3 Å². The molecular weight excluding hydrogens is 486 g/mol. The van der Waals surface area contributed by atoms with Crippen LogP contribution in [0.2, 0.25) is 0 Å². The molecule has 0 bridgehead atoms. The smallest absolute Gasteiger partial charge is 0.151 e. The number of pyridine rings is 2. The summed E-state index contributed by atoms with van der Waals surface area (Å²) >= 11 is 0. The first-order valence-electron chi connectivity index (χ1n) is 13.7. The molecule has 1 fully saturated rings. The van der Waals surface area contributed by atoms with Gasteiger partial charge in [0.2, 0.25) is 0 Å². The lowest BCUT2D eigenvalue weighted by Gasteiger charge is -2.37. The molecule has 39 heavy (non-hydrogen) atoms. The zero-order valence-electron chi connectivity index (χ0n) is 23.9. The lowest BCUT2D eigenvalue weighted by Crippen LogP contribution is -2.43. The Morgan fingerprint density at radius 2 is 1.85 bits per heavy atom. The first kappa shape index (κ1) is 26.7. The number of fused-ring (bicyclic) bond motifs is 1. The van der Waals surface area contributed by atoms with Gasteiger partial charge in [-0.3, -0.25) is 9.89 Å². The standard InChI is InChI=1S/C30H39N9/c1-19(2)27-28(23-17-39(32-6)30(31-5)21(4)20(23)3)35-24-9-10-26(36-29(24)27)38-15-11-22(12-16-38)37(7)18-25-33-13-8-14-34-25/h8-10,13-14,17,19,22,35H,6,11-12,15-16,18H2,1-5,7H3/b31-30-. The number of aromatic nitrogens is 5. The quantitative estimate of drug-likeness (QED) is 0.355. The van der Waals surface area contributed by atoms with E-state index >= 15 is 0 Å². The van der Waals surface area contributed by atoms with E-state index in [0.717, 1.165) is 77.5 Å². The highest BCUT2D eigenvalue weighted by molar-refractivity contribution is 5.90. The van der Waals surface area contributed by atoms with Crippen molar-refractivity contribution in [2.45, 2.75) is 59.0 Å². The van der Waals surface area contributed by atoms with Gasteiger partial charge >= 0.3 is 0 Å². The molecule has 204 valence electrons. The van der Waals surface area contributed by atoms with Crippen molar-refractivity contribution >= 4 is 23.6 Å². The van der Waals surface area contributed by atoms with Crippen molar-refractivity contribution in [1.82, 2.24) is 29.5 Å². The van der Waals surface area contributed by atoms with E-state index in [2.05, 4.69) is 88.4 Å². The van der Waals surface area contributed by atoms with Crippen molar-refractivity contribution in [3.63, 3.8) is 0 Å². The molecule has 0 radical (unpaired) electrons. The molecule has 0 amide bonds. The highest BCUT2D eigenvalue weighted by Gasteiger charge is 2.25. The number of rotatable bonds is 7. The molecule has 5 heterocycles. The second-order valence-electron chi connectivity index (χ2n) is 10.8. The molecule has 1 N–H and O–H groups in total. The number of hydrogen-bond donors (Lipinski definition) is 1. The van der Waals surface area contributed by atoms with E-state index in [4.69, 9.17) is 4.98 Å². The molecule has 9 heteroatoms. The largest absolute Gasteiger partial charge is 0.356 e. The number of nitrogens with one attached hydrogen (secondary N) is 1. The van der Waals surface area contributed by atoms with Crippen LogP contribution >= 0.6 is 0 Å². The van der Waals surface area contributed by atoms with Gasteiger partial charge in [-0.1, -0.05) is 13.8 Å². The van der Waals surface area contributed by atoms with Gasteiger partial charge in [0.25, 0.3) is 0 Å². The van der Waals surface area contributed by atoms with Crippen LogP contribution in [0.25, 0.3) is 22.3 Å². The van der Waals surface area contributed by atoms with Crippen LogP contribution in [0.1, 0.15) is 55.1 Å². The molecule has 0 aliphatic carbocycles. The second-order valence-corrected chi connectivity index (χ2v) is 10.8. The van der Waals surface area contributed by atoms with Crippen molar-refractivity contribution in [2.24, 2.45) is 10.1 Å². The first-order chi connectivity index (χ1) is 18.8. The van der Waals surface area contributed by atoms with Gasteiger partial charge in [-0.25, -0.2) is 19.6 Å². The van der Waals surface area contributed by atoms with E-state index in [0.29, 0.717) is 6.04 Å². The van der Waals surface area contributed by atoms with Gasteiger partial charge in [0, 0.05) is 62.6 Å². The lowest BCUT2D eigenvalue weighted by atomic mass is 9.95. The molecule has 0 aromatic carbocycles. The molecule has 1 saturated heterocycles. The summed E-state index contributed by atoms with van der Waals surface area (Å²) in [5.74, 6) is 2.20. The lowest BCUT2D eigenvalue weighted by molar-refractivity contribution is 0.196. The minimum absolute atomic E-state index is 0.288. The summed E-state index contributed by atoms with van der Waals surface area (Å²) in [4.78, 5) is 26.9. The number of hydrogen-bond acceptors (Lipinski definition) is 7. The predicted octanol–water partition coefficient (Wildman–Crippen LogP) is 4.66. The minimum Gasteiger partial charge on any atom is -0.356 e. The Labute approximate surface area is 230 Å². The van der Waals surface area contributed by atoms with E-state index in [1.165, 1.54) is 11.1 Å². The Morgan fingerprint density at radius 3 is 2.49 bits per heavy atom. The fourth-order valence-electron chi connectivity index (χ4n) is 5.78. The molecule has 0 unspecified atom stereocenters. The van der Waals surface area contributed by atoms with Gasteiger partial charge < -0.3 is 9.88 Å². The number of nitrogens with zero attached hydrogens (tertiary/aromatic N) is 8. The number of aromatic amines is 1. The van der Waals surface area contributed by atoms with E-state index < -0.39 is 0 Å². The Bertz CT molecular complexity index is 1540. The monoisotopic (exact) mass is 525 g/mol. The second kappa shape index (κ2) is 11.1. The summed E-state index contributed by atoms with van der Waals surface area (Å²) in [5, 5.41) is 4.20. The topological polar surface area (TPSA) is 90.6 Å². The maximum atomic E-state index is 5.23. The number of piperidine rings is 1. The molecule has 0 saturated carbocycles. The molecule has 1 aliphatic heterocycles. The normalized spacial score (nSPS) is 15.2. The van der Waals surface area contributed by atoms with Crippen LogP contribution in [-0.2, 0) is 6.54 Å². The van der Waals surface area contributed by atoms with Crippen molar-refractivity contribution < 1.29 is 0 Å². The fraction of sp³-hybridized carbons (Fsp3) is 0.433. The average Bonchev–Trinajstić information content (AvgIpc) is 3.34. The predicted molar refractivity (Wildman–Crippen MR) is 158 cm³/mol. The van der Waals surface area contributed by atoms with Crippen molar-refractivity contribution in [2.75, 3.05) is 32.1 Å². The van der Waals surface area contributed by atoms with Crippen LogP contribution in [0.3, 0.4) is 0 Å². The minimum atomic E-state index is 0.288. The van der Waals surface area contributed by atoms with Gasteiger partial charge in [-0.2, -0.15) is 5.10 Å². The van der Waals surface area contributed by atoms with Crippen LogP contribution in [0.15, 0.2) is 46.9 Å². The molecule has 0 spiro atoms. The van der Waals surface area contributed by atoms with Crippen LogP contribution in [0.4, 0.5) is 5.82 Å². The van der Waals surface area contributed by atoms with E-state index in [-0.39, 0.29) is 5.92 Å². The third-order valence-electron chi connectivity index (χ3n) is 8.07. The Morgan fingerprint density at radius 1 is 1.13 bits per heavy atom. The van der Waals surface area contributed by atoms with E-state index in [9.17, 15) is 0 Å². The van der Waals surface area contributed by atoms with E-state index in [1.54, 1.807) is 11.7 Å². The Balaban J connectivity index is 1.43. The summed E-state index contributed by atoms with van der Waals surface area (Å²) in [6.07, 6.45) is 7.81. The summed E-state index contributed by atoms with van der Waals surface area (Å²) in [7, 11) is 3.96. The van der Waals surface area contributed by atoms with E-state index in [1.807, 2.05) is 24.7 Å². The first-order valence-corrected chi connectivity index (χ1v) is 13.7. The maximum Gasteiger partial charge on any atom is 0.151 e. The van der Waals surface area contributed by atoms with Crippen LogP contribution in [-0.4, -0.2) is 69.5 Å². The molecular formula is C30H39N9. The van der Waals surface area contributed by atoms with Gasteiger partial charge in [-0.05, 0) is 69.0 Å². The average molecular weight is 526 g/mol. The molecule has 9 nitrogen and oxygen atoms in total. The number of H-pyrrole nitrogens is 1. The molecule has 1 aliphatic rings. The summed E-state index contributed by atoms with van der Waals surface area (Å²) in [6, 6.07) is 6.69. The SMILES string of the molecule is C=Nn1cc(-c2[nH]c3ccc(N4CCC(N(C)Cc5ncccn5)CC4)nc3c2C(C)C)c(C)c(C)/c1=N/C. The zero-order valence-corrected chi connectivity index (χ0v) is 23.9. The third kappa shape index (κ3) is 5.11. The highest BCUT2D eigenvalue weighted by atomic mass is 15.3. The summed E-state index contributed by atoms with van der Waals surface area (Å²) in [5.41, 5.74) is 8.59. The third-order valence-corrected chi connectivity index (χ3v) is 8.07. The zero-order chi connectivity index (χ0) is 27.7. The van der Waals surface area contributed by atoms with Crippen LogP contribution in [0.5, 0.6) is 0 Å². The maximum absolute atomic E-state index is 5.23. The Hall–Kier alpha value is -3.85. The number of anilines is 1. The summed E-state index contributed by atoms with van der Waals surface area (Å²) < 4.78 is 1.76. The molecule has 4 aromatic heterocycles. The van der Waals surface area contributed by atoms with Gasteiger partial charge in [0.15, 0.2) is 5.49 Å². The van der Waals surface area contributed by atoms with Crippen LogP contribution in [0, 0.1) is 13.8 Å². The fourth-order valence-corrected chi connectivity index (χ4v) is 5.78. The van der Waals surface area contributed by atoms with Gasteiger partial charge in [0.1, 0.15) is 11.6 Å². The molecule has 4 aromatic rings. The highest BCUT2D eigenvalue weighted by Crippen LogP contribution is 2.37. The van der Waals surface area contributed by atoms with Crippen molar-refractivity contribution in [1.29, 1.82) is 0 Å². The summed E-state index contributed by atoms with van der Waals surface area (Å²) in [6.45, 7) is 15.2. The molecule has 0 atom stereocenters. The van der Waals surface area contributed by atoms with Crippen LogP contribution < -0.4 is 10.4 Å². The van der Waals surface area contributed by atoms with Gasteiger partial charge in [-0.15, -0.1) is 0 Å². The Kier molecular flexibility index (Phi) is 7.61. The van der Waals surface area contributed by atoms with Crippen molar-refractivity contribution in [3.05, 3.63) is 64.8 Å². The molecule has 5 rings (SSSR count).